The Kier molecular flexibility index (Phi) is 3.64. The van der Waals surface area contributed by atoms with Crippen LogP contribution in [0.4, 0.5) is 17.3 Å². The summed E-state index contributed by atoms with van der Waals surface area (Å²) in [6.45, 7) is 0. The molecule has 0 fully saturated rings. The van der Waals surface area contributed by atoms with E-state index in [9.17, 15) is 0 Å². The summed E-state index contributed by atoms with van der Waals surface area (Å²) in [5.74, 6) is 7.56. The van der Waals surface area contributed by atoms with Crippen LogP contribution in [0.3, 0.4) is 0 Å². The Hall–Kier alpha value is -2.27. The quantitative estimate of drug-likeness (QED) is 0.637. The summed E-state index contributed by atoms with van der Waals surface area (Å²) in [6.07, 6.45) is 0. The Morgan fingerprint density at radius 3 is 2.67 bits per heavy atom. The number of hydrogen-bond acceptors (Lipinski definition) is 5. The van der Waals surface area contributed by atoms with Crippen molar-refractivity contribution in [2.45, 2.75) is 0 Å². The molecule has 1 aromatic carbocycles. The van der Waals surface area contributed by atoms with Crippen LogP contribution in [0, 0.1) is 0 Å². The largest absolute Gasteiger partial charge is 0.495 e. The van der Waals surface area contributed by atoms with E-state index in [0.717, 1.165) is 17.3 Å². The second kappa shape index (κ2) is 5.37. The van der Waals surface area contributed by atoms with Crippen LogP contribution in [0.25, 0.3) is 0 Å². The van der Waals surface area contributed by atoms with Crippen molar-refractivity contribution in [1.29, 1.82) is 0 Å². The van der Waals surface area contributed by atoms with Gasteiger partial charge in [0.2, 0.25) is 0 Å². The molecule has 0 atom stereocenters. The van der Waals surface area contributed by atoms with E-state index in [1.165, 1.54) is 0 Å². The van der Waals surface area contributed by atoms with Gasteiger partial charge in [-0.3, -0.25) is 0 Å². The Bertz CT molecular complexity index is 530. The number of pyridine rings is 1. The van der Waals surface area contributed by atoms with Crippen molar-refractivity contribution in [2.75, 3.05) is 24.5 Å². The molecular weight excluding hydrogens is 228 g/mol. The van der Waals surface area contributed by atoms with Gasteiger partial charge in [0.15, 0.2) is 0 Å². The van der Waals surface area contributed by atoms with Gasteiger partial charge in [0.1, 0.15) is 17.4 Å². The van der Waals surface area contributed by atoms with Crippen LogP contribution in [0.2, 0.25) is 0 Å². The lowest BCUT2D eigenvalue weighted by molar-refractivity contribution is 0.415. The minimum Gasteiger partial charge on any atom is -0.495 e. The number of nitrogens with two attached hydrogens (primary N) is 1. The second-order valence-corrected chi connectivity index (χ2v) is 3.76. The van der Waals surface area contributed by atoms with Crippen LogP contribution >= 0.6 is 0 Å². The Labute approximate surface area is 106 Å². The topological polar surface area (TPSA) is 63.4 Å². The standard InChI is InChI=1S/C13H16N4O/c1-17(10-6-3-4-7-11(10)18-2)13-9-5-8-12(15-13)16-14/h3-9H,14H2,1-2H3,(H,15,16). The highest BCUT2D eigenvalue weighted by Gasteiger charge is 2.10. The fourth-order valence-corrected chi connectivity index (χ4v) is 1.72. The fraction of sp³-hybridized carbons (Fsp3) is 0.154. The van der Waals surface area contributed by atoms with Gasteiger partial charge in [0, 0.05) is 7.05 Å². The fourth-order valence-electron chi connectivity index (χ4n) is 1.72. The number of aromatic nitrogens is 1. The predicted molar refractivity (Wildman–Crippen MR) is 73.1 cm³/mol. The van der Waals surface area contributed by atoms with Crippen LogP contribution in [0.5, 0.6) is 5.75 Å². The second-order valence-electron chi connectivity index (χ2n) is 3.76. The monoisotopic (exact) mass is 244 g/mol. The van der Waals surface area contributed by atoms with E-state index in [4.69, 9.17) is 10.6 Å². The van der Waals surface area contributed by atoms with E-state index in [2.05, 4.69) is 10.4 Å². The molecule has 0 radical (unpaired) electrons. The third-order valence-corrected chi connectivity index (χ3v) is 2.67. The summed E-state index contributed by atoms with van der Waals surface area (Å²) in [7, 11) is 3.58. The van der Waals surface area contributed by atoms with E-state index in [0.29, 0.717) is 5.82 Å². The number of anilines is 3. The number of ether oxygens (including phenoxy) is 1. The molecule has 0 bridgehead atoms. The number of nitrogens with zero attached hydrogens (tertiary/aromatic N) is 2. The minimum atomic E-state index is 0.620. The lowest BCUT2D eigenvalue weighted by Crippen LogP contribution is -2.14. The summed E-state index contributed by atoms with van der Waals surface area (Å²) in [5.41, 5.74) is 3.48. The summed E-state index contributed by atoms with van der Waals surface area (Å²) < 4.78 is 5.33. The van der Waals surface area contributed by atoms with Crippen LogP contribution in [-0.4, -0.2) is 19.1 Å². The number of hydrazine groups is 1. The van der Waals surface area contributed by atoms with E-state index >= 15 is 0 Å². The number of benzene rings is 1. The highest BCUT2D eigenvalue weighted by Crippen LogP contribution is 2.31. The zero-order chi connectivity index (χ0) is 13.0. The molecule has 0 aliphatic carbocycles. The van der Waals surface area contributed by atoms with Crippen molar-refractivity contribution in [3.63, 3.8) is 0 Å². The molecule has 0 saturated heterocycles. The van der Waals surface area contributed by atoms with Crippen molar-refractivity contribution < 1.29 is 4.74 Å². The number of nitrogen functional groups attached to an aromatic ring is 1. The van der Waals surface area contributed by atoms with Gasteiger partial charge in [-0.15, -0.1) is 0 Å². The lowest BCUT2D eigenvalue weighted by Gasteiger charge is -2.21. The number of rotatable bonds is 4. The number of para-hydroxylation sites is 2. The summed E-state index contributed by atoms with van der Waals surface area (Å²) in [5, 5.41) is 0. The Balaban J connectivity index is 2.37. The van der Waals surface area contributed by atoms with Crippen molar-refractivity contribution in [3.05, 3.63) is 42.5 Å². The van der Waals surface area contributed by atoms with Gasteiger partial charge in [0.05, 0.1) is 12.8 Å². The van der Waals surface area contributed by atoms with Gasteiger partial charge < -0.3 is 15.1 Å². The first-order valence-electron chi connectivity index (χ1n) is 5.56. The summed E-state index contributed by atoms with van der Waals surface area (Å²) in [6, 6.07) is 13.4. The van der Waals surface area contributed by atoms with Crippen molar-refractivity contribution >= 4 is 17.3 Å². The predicted octanol–water partition coefficient (Wildman–Crippen LogP) is 2.14. The van der Waals surface area contributed by atoms with Gasteiger partial charge in [-0.05, 0) is 24.3 Å². The molecule has 0 aliphatic heterocycles. The molecule has 0 aliphatic rings. The molecular formula is C13H16N4O. The van der Waals surface area contributed by atoms with Gasteiger partial charge >= 0.3 is 0 Å². The molecule has 5 nitrogen and oxygen atoms in total. The van der Waals surface area contributed by atoms with Crippen molar-refractivity contribution in [1.82, 2.24) is 4.98 Å². The third kappa shape index (κ3) is 2.36. The summed E-state index contributed by atoms with van der Waals surface area (Å²) >= 11 is 0. The van der Waals surface area contributed by atoms with Crippen LogP contribution in [0.15, 0.2) is 42.5 Å². The molecule has 3 N–H and O–H groups in total. The molecule has 2 rings (SSSR count). The smallest absolute Gasteiger partial charge is 0.142 e. The molecule has 0 saturated carbocycles. The van der Waals surface area contributed by atoms with E-state index in [-0.39, 0.29) is 0 Å². The van der Waals surface area contributed by atoms with Gasteiger partial charge in [-0.1, -0.05) is 18.2 Å². The van der Waals surface area contributed by atoms with Gasteiger partial charge in [-0.2, -0.15) is 0 Å². The molecule has 0 unspecified atom stereocenters. The molecule has 1 heterocycles. The average Bonchev–Trinajstić information content (AvgIpc) is 2.46. The maximum atomic E-state index is 5.36. The third-order valence-electron chi connectivity index (χ3n) is 2.67. The maximum Gasteiger partial charge on any atom is 0.142 e. The van der Waals surface area contributed by atoms with Crippen LogP contribution in [-0.2, 0) is 0 Å². The summed E-state index contributed by atoms with van der Waals surface area (Å²) in [4.78, 5) is 6.32. The average molecular weight is 244 g/mol. The van der Waals surface area contributed by atoms with Gasteiger partial charge in [-0.25, -0.2) is 10.8 Å². The Morgan fingerprint density at radius 2 is 1.94 bits per heavy atom. The molecule has 5 heteroatoms. The zero-order valence-corrected chi connectivity index (χ0v) is 10.4. The Morgan fingerprint density at radius 1 is 1.17 bits per heavy atom. The highest BCUT2D eigenvalue weighted by molar-refractivity contribution is 5.67. The molecule has 2 aromatic rings. The van der Waals surface area contributed by atoms with Crippen molar-refractivity contribution in [3.8, 4) is 5.75 Å². The van der Waals surface area contributed by atoms with E-state index in [1.54, 1.807) is 13.2 Å². The van der Waals surface area contributed by atoms with Crippen molar-refractivity contribution in [2.24, 2.45) is 5.84 Å². The van der Waals surface area contributed by atoms with Crippen LogP contribution < -0.4 is 20.9 Å². The number of nitrogens with one attached hydrogen (secondary N) is 1. The molecule has 0 spiro atoms. The normalized spacial score (nSPS) is 9.94. The highest BCUT2D eigenvalue weighted by atomic mass is 16.5. The van der Waals surface area contributed by atoms with Crippen LogP contribution in [0.1, 0.15) is 0 Å². The lowest BCUT2D eigenvalue weighted by atomic mass is 10.2. The SMILES string of the molecule is COc1ccccc1N(C)c1cccc(NN)n1. The van der Waals surface area contributed by atoms with E-state index < -0.39 is 0 Å². The zero-order valence-electron chi connectivity index (χ0n) is 10.4. The molecule has 94 valence electrons. The molecule has 0 amide bonds. The van der Waals surface area contributed by atoms with E-state index in [1.807, 2.05) is 48.3 Å². The molecule has 18 heavy (non-hydrogen) atoms. The first kappa shape index (κ1) is 12.2. The maximum absolute atomic E-state index is 5.36. The van der Waals surface area contributed by atoms with Gasteiger partial charge in [0.25, 0.3) is 0 Å². The number of methoxy groups -OCH3 is 1. The first-order chi connectivity index (χ1) is 8.76. The number of hydrogen-bond donors (Lipinski definition) is 2. The molecule has 1 aromatic heterocycles. The minimum absolute atomic E-state index is 0.620. The first-order valence-corrected chi connectivity index (χ1v) is 5.56.